The molecule has 0 aliphatic rings. The number of allylic oxidation sites excluding steroid dienone is 4. The number of nitrogens with zero attached hydrogens (tertiary/aromatic N) is 3. The summed E-state index contributed by atoms with van der Waals surface area (Å²) in [6.45, 7) is 5.86. The van der Waals surface area contributed by atoms with Gasteiger partial charge in [-0.1, -0.05) is 60.4 Å². The molecule has 2 aromatic heterocycles. The summed E-state index contributed by atoms with van der Waals surface area (Å²) in [6.07, 6.45) is 7.74. The highest BCUT2D eigenvalue weighted by molar-refractivity contribution is 7.23. The second-order valence-corrected chi connectivity index (χ2v) is 8.31. The number of hydrogen-bond acceptors (Lipinski definition) is 4. The number of para-hydroxylation sites is 2. The summed E-state index contributed by atoms with van der Waals surface area (Å²) in [4.78, 5) is 21.2. The van der Waals surface area contributed by atoms with Gasteiger partial charge in [-0.05, 0) is 61.5 Å². The zero-order valence-electron chi connectivity index (χ0n) is 17.6. The van der Waals surface area contributed by atoms with Crippen LogP contribution >= 0.6 is 11.3 Å². The van der Waals surface area contributed by atoms with Gasteiger partial charge in [-0.15, -0.1) is 0 Å². The first-order chi connectivity index (χ1) is 15.7. The summed E-state index contributed by atoms with van der Waals surface area (Å²) in [6, 6.07) is 23.9. The van der Waals surface area contributed by atoms with Crippen LogP contribution in [-0.4, -0.2) is 9.38 Å². The molecule has 156 valence electrons. The van der Waals surface area contributed by atoms with E-state index >= 15 is 0 Å². The zero-order chi connectivity index (χ0) is 22.1. The monoisotopic (exact) mass is 435 g/mol. The largest absolute Gasteiger partial charge is 0.310 e. The lowest BCUT2D eigenvalue weighted by atomic mass is 10.1. The first-order valence-corrected chi connectivity index (χ1v) is 11.2. The SMILES string of the molecule is C=C/C=C(\C=C/C)N(c1ccccc1)c1ccc2nc3sc4ccccc4n3c(=O)c2c1. The van der Waals surface area contributed by atoms with E-state index in [9.17, 15) is 4.79 Å². The van der Waals surface area contributed by atoms with E-state index < -0.39 is 0 Å². The van der Waals surface area contributed by atoms with Crippen LogP contribution in [-0.2, 0) is 0 Å². The van der Waals surface area contributed by atoms with Gasteiger partial charge >= 0.3 is 0 Å². The van der Waals surface area contributed by atoms with Gasteiger partial charge in [0.05, 0.1) is 21.1 Å². The van der Waals surface area contributed by atoms with E-state index in [2.05, 4.69) is 11.5 Å². The Hall–Kier alpha value is -3.96. The lowest BCUT2D eigenvalue weighted by Gasteiger charge is -2.26. The molecular weight excluding hydrogens is 414 g/mol. The molecule has 5 rings (SSSR count). The van der Waals surface area contributed by atoms with Crippen molar-refractivity contribution in [2.45, 2.75) is 6.92 Å². The number of anilines is 2. The molecule has 0 unspecified atom stereocenters. The van der Waals surface area contributed by atoms with Crippen molar-refractivity contribution < 1.29 is 0 Å². The highest BCUT2D eigenvalue weighted by atomic mass is 32.1. The Balaban J connectivity index is 1.79. The molecule has 4 nitrogen and oxygen atoms in total. The topological polar surface area (TPSA) is 37.6 Å². The van der Waals surface area contributed by atoms with Gasteiger partial charge in [-0.3, -0.25) is 9.20 Å². The molecule has 5 aromatic rings. The number of thiazole rings is 1. The van der Waals surface area contributed by atoms with Gasteiger partial charge < -0.3 is 4.90 Å². The predicted molar refractivity (Wildman–Crippen MR) is 136 cm³/mol. The summed E-state index contributed by atoms with van der Waals surface area (Å²) >= 11 is 1.53. The van der Waals surface area contributed by atoms with Crippen LogP contribution in [0.2, 0.25) is 0 Å². The van der Waals surface area contributed by atoms with Crippen LogP contribution in [0.1, 0.15) is 6.92 Å². The van der Waals surface area contributed by atoms with Crippen molar-refractivity contribution in [2.75, 3.05) is 4.90 Å². The van der Waals surface area contributed by atoms with Crippen molar-refractivity contribution in [2.24, 2.45) is 0 Å². The van der Waals surface area contributed by atoms with Crippen LogP contribution in [0.15, 0.2) is 114 Å². The third-order valence-electron chi connectivity index (χ3n) is 5.29. The van der Waals surface area contributed by atoms with Crippen LogP contribution in [0.25, 0.3) is 26.1 Å². The summed E-state index contributed by atoms with van der Waals surface area (Å²) < 4.78 is 2.76. The Morgan fingerprint density at radius 1 is 1.03 bits per heavy atom. The molecule has 0 fully saturated rings. The first kappa shape index (κ1) is 20.0. The molecule has 0 N–H and O–H groups in total. The molecule has 2 heterocycles. The second-order valence-electron chi connectivity index (χ2n) is 7.30. The van der Waals surface area contributed by atoms with Crippen LogP contribution in [0.5, 0.6) is 0 Å². The molecule has 0 bridgehead atoms. The molecule has 0 amide bonds. The quantitative estimate of drug-likeness (QED) is 0.283. The van der Waals surface area contributed by atoms with Crippen LogP contribution in [0.3, 0.4) is 0 Å². The molecule has 0 spiro atoms. The molecule has 32 heavy (non-hydrogen) atoms. The number of aromatic nitrogens is 2. The lowest BCUT2D eigenvalue weighted by Crippen LogP contribution is -2.17. The number of fused-ring (bicyclic) bond motifs is 4. The maximum absolute atomic E-state index is 13.6. The van der Waals surface area contributed by atoms with Gasteiger partial charge in [0.15, 0.2) is 4.96 Å². The summed E-state index contributed by atoms with van der Waals surface area (Å²) in [5.41, 5.74) is 4.35. The number of rotatable bonds is 5. The van der Waals surface area contributed by atoms with Gasteiger partial charge in [-0.2, -0.15) is 0 Å². The van der Waals surface area contributed by atoms with E-state index in [0.29, 0.717) is 15.9 Å². The fourth-order valence-corrected chi connectivity index (χ4v) is 4.94. The Morgan fingerprint density at radius 3 is 2.59 bits per heavy atom. The molecule has 0 aliphatic heterocycles. The van der Waals surface area contributed by atoms with E-state index in [1.165, 1.54) is 11.3 Å². The van der Waals surface area contributed by atoms with Gasteiger partial charge in [-0.25, -0.2) is 4.98 Å². The number of hydrogen-bond donors (Lipinski definition) is 0. The van der Waals surface area contributed by atoms with E-state index in [4.69, 9.17) is 4.98 Å². The third-order valence-corrected chi connectivity index (χ3v) is 6.31. The molecule has 0 radical (unpaired) electrons. The fourth-order valence-electron chi connectivity index (χ4n) is 3.92. The minimum atomic E-state index is -0.0578. The number of benzene rings is 3. The lowest BCUT2D eigenvalue weighted by molar-refractivity contribution is 1.15. The maximum atomic E-state index is 13.6. The van der Waals surface area contributed by atoms with Gasteiger partial charge in [0.25, 0.3) is 5.56 Å². The van der Waals surface area contributed by atoms with Gasteiger partial charge in [0, 0.05) is 17.1 Å². The summed E-state index contributed by atoms with van der Waals surface area (Å²) in [5, 5.41) is 0.586. The minimum Gasteiger partial charge on any atom is -0.310 e. The van der Waals surface area contributed by atoms with Crippen molar-refractivity contribution in [3.05, 3.63) is 120 Å². The minimum absolute atomic E-state index is 0.0578. The molecule has 5 heteroatoms. The predicted octanol–water partition coefficient (Wildman–Crippen LogP) is 6.85. The second kappa shape index (κ2) is 8.29. The Bertz CT molecular complexity index is 1580. The Kier molecular flexibility index (Phi) is 5.17. The molecule has 0 aliphatic carbocycles. The Morgan fingerprint density at radius 2 is 1.81 bits per heavy atom. The highest BCUT2D eigenvalue weighted by Gasteiger charge is 2.16. The average molecular weight is 436 g/mol. The van der Waals surface area contributed by atoms with Gasteiger partial charge in [0.2, 0.25) is 0 Å². The molecular formula is C27H21N3OS. The summed E-state index contributed by atoms with van der Waals surface area (Å²) in [7, 11) is 0. The highest BCUT2D eigenvalue weighted by Crippen LogP contribution is 2.32. The van der Waals surface area contributed by atoms with Crippen molar-refractivity contribution >= 4 is 48.8 Å². The van der Waals surface area contributed by atoms with E-state index in [-0.39, 0.29) is 5.56 Å². The van der Waals surface area contributed by atoms with Crippen molar-refractivity contribution in [1.29, 1.82) is 0 Å². The first-order valence-electron chi connectivity index (χ1n) is 10.4. The van der Waals surface area contributed by atoms with Crippen molar-refractivity contribution in [1.82, 2.24) is 9.38 Å². The summed E-state index contributed by atoms with van der Waals surface area (Å²) in [5.74, 6) is 0. The van der Waals surface area contributed by atoms with Gasteiger partial charge in [0.1, 0.15) is 0 Å². The maximum Gasteiger partial charge on any atom is 0.266 e. The molecule has 3 aromatic carbocycles. The van der Waals surface area contributed by atoms with E-state index in [0.717, 1.165) is 27.3 Å². The van der Waals surface area contributed by atoms with E-state index in [1.54, 1.807) is 10.5 Å². The van der Waals surface area contributed by atoms with Crippen molar-refractivity contribution in [3.8, 4) is 0 Å². The Labute approximate surface area is 189 Å². The van der Waals surface area contributed by atoms with E-state index in [1.807, 2.05) is 97.9 Å². The average Bonchev–Trinajstić information content (AvgIpc) is 3.19. The fraction of sp³-hybridized carbons (Fsp3) is 0.0370. The molecule has 0 saturated carbocycles. The molecule has 0 atom stereocenters. The molecule has 0 saturated heterocycles. The van der Waals surface area contributed by atoms with Crippen molar-refractivity contribution in [3.63, 3.8) is 0 Å². The normalized spacial score (nSPS) is 12.2. The van der Waals surface area contributed by atoms with Crippen LogP contribution in [0.4, 0.5) is 11.4 Å². The smallest absolute Gasteiger partial charge is 0.266 e. The van der Waals surface area contributed by atoms with Crippen LogP contribution < -0.4 is 10.5 Å². The third kappa shape index (κ3) is 3.33. The standard InChI is InChI=1S/C27H21N3OS/c1-3-10-19(11-4-2)29(20-12-6-5-7-13-20)21-16-17-23-22(18-21)26(31)30-24-14-8-9-15-25(24)32-27(30)28-23/h3-18H,1H2,2H3/b11-4-,19-10+. The van der Waals surface area contributed by atoms with Crippen LogP contribution in [0, 0.1) is 0 Å². The zero-order valence-corrected chi connectivity index (χ0v) is 18.4.